The molecule has 1 atom stereocenters. The van der Waals surface area contributed by atoms with Crippen molar-refractivity contribution in [1.82, 2.24) is 0 Å². The van der Waals surface area contributed by atoms with Crippen molar-refractivity contribution in [3.8, 4) is 0 Å². The number of Topliss-reactive ketones (excluding diaryl/α,β-unsaturated/α-hetero) is 1. The van der Waals surface area contributed by atoms with Crippen LogP contribution in [0.1, 0.15) is 44.6 Å². The van der Waals surface area contributed by atoms with Crippen LogP contribution in [0.2, 0.25) is 5.02 Å². The van der Waals surface area contributed by atoms with E-state index in [4.69, 9.17) is 22.1 Å². The number of esters is 1. The van der Waals surface area contributed by atoms with Crippen molar-refractivity contribution in [3.63, 3.8) is 0 Å². The van der Waals surface area contributed by atoms with Crippen LogP contribution in [-0.2, 0) is 40.1 Å². The van der Waals surface area contributed by atoms with E-state index in [9.17, 15) is 14.4 Å². The van der Waals surface area contributed by atoms with Crippen LogP contribution in [-0.4, -0.2) is 48.9 Å². The molecule has 0 aliphatic carbocycles. The van der Waals surface area contributed by atoms with Gasteiger partial charge in [-0.15, -0.1) is 11.3 Å². The molecule has 0 radical (unpaired) electrons. The first-order valence-corrected chi connectivity index (χ1v) is 11.6. The molecular formula is C23H28ClN2O4S+. The highest BCUT2D eigenvalue weighted by Gasteiger charge is 2.34. The number of amides is 1. The number of likely N-dealkylation sites (N-methyl/N-ethyl adjacent to an activating group) is 1. The lowest BCUT2D eigenvalue weighted by molar-refractivity contribution is -0.923. The standard InChI is InChI=1S/C23H27ClN2O4S/c1-3-30-21(28)9-11-26(2)10-8-18-20(14-26)31-19(22(18)23(25)29)13-17(27)12-15-4-6-16(24)7-5-15/h4-7H,3,8-14H2,1-2H3,(H-,25,29)/p+1. The second-order valence-corrected chi connectivity index (χ2v) is 9.84. The second kappa shape index (κ2) is 9.94. The zero-order valence-electron chi connectivity index (χ0n) is 17.9. The Labute approximate surface area is 191 Å². The fraction of sp³-hybridized carbons (Fsp3) is 0.435. The third kappa shape index (κ3) is 5.93. The summed E-state index contributed by atoms with van der Waals surface area (Å²) in [6.45, 7) is 4.38. The Bertz CT molecular complexity index is 986. The molecule has 1 aromatic heterocycles. The average Bonchev–Trinajstić information content (AvgIpc) is 3.05. The summed E-state index contributed by atoms with van der Waals surface area (Å²) in [5.74, 6) is -0.637. The molecule has 2 N–H and O–H groups in total. The van der Waals surface area contributed by atoms with Gasteiger partial charge in [-0.1, -0.05) is 23.7 Å². The molecular weight excluding hydrogens is 436 g/mol. The topological polar surface area (TPSA) is 86.5 Å². The van der Waals surface area contributed by atoms with E-state index in [1.807, 2.05) is 12.1 Å². The van der Waals surface area contributed by atoms with Crippen molar-refractivity contribution in [2.24, 2.45) is 5.73 Å². The molecule has 1 amide bonds. The van der Waals surface area contributed by atoms with Gasteiger partial charge in [0, 0.05) is 29.2 Å². The van der Waals surface area contributed by atoms with Gasteiger partial charge in [0.1, 0.15) is 12.3 Å². The molecule has 0 fully saturated rings. The number of hydrogen-bond acceptors (Lipinski definition) is 5. The molecule has 0 saturated heterocycles. The maximum atomic E-state index is 12.7. The number of primary amides is 1. The smallest absolute Gasteiger partial charge is 0.311 e. The van der Waals surface area contributed by atoms with Crippen LogP contribution in [0.15, 0.2) is 24.3 Å². The number of thiophene rings is 1. The number of benzene rings is 1. The van der Waals surface area contributed by atoms with Crippen molar-refractivity contribution in [2.75, 3.05) is 26.7 Å². The Morgan fingerprint density at radius 3 is 2.55 bits per heavy atom. The van der Waals surface area contributed by atoms with Gasteiger partial charge in [-0.25, -0.2) is 0 Å². The van der Waals surface area contributed by atoms with Crippen LogP contribution in [0.25, 0.3) is 0 Å². The van der Waals surface area contributed by atoms with Gasteiger partial charge in [0.05, 0.1) is 43.6 Å². The molecule has 1 aliphatic rings. The zero-order chi connectivity index (χ0) is 22.6. The first-order chi connectivity index (χ1) is 14.7. The van der Waals surface area contributed by atoms with Gasteiger partial charge in [0.2, 0.25) is 5.91 Å². The maximum absolute atomic E-state index is 12.7. The van der Waals surface area contributed by atoms with Gasteiger partial charge < -0.3 is 15.0 Å². The Hall–Kier alpha value is -2.22. The van der Waals surface area contributed by atoms with Gasteiger partial charge >= 0.3 is 5.97 Å². The molecule has 6 nitrogen and oxygen atoms in total. The number of ether oxygens (including phenoxy) is 1. The van der Waals surface area contributed by atoms with Crippen LogP contribution in [0, 0.1) is 0 Å². The predicted octanol–water partition coefficient (Wildman–Crippen LogP) is 3.31. The largest absolute Gasteiger partial charge is 0.466 e. The highest BCUT2D eigenvalue weighted by Crippen LogP contribution is 2.36. The number of nitrogens with zero attached hydrogens (tertiary/aromatic N) is 1. The van der Waals surface area contributed by atoms with Crippen molar-refractivity contribution in [3.05, 3.63) is 55.7 Å². The van der Waals surface area contributed by atoms with Crippen LogP contribution in [0.4, 0.5) is 0 Å². The maximum Gasteiger partial charge on any atom is 0.311 e. The summed E-state index contributed by atoms with van der Waals surface area (Å²) < 4.78 is 5.75. The SMILES string of the molecule is CCOC(=O)CC[N+]1(C)CCc2c(sc(CC(=O)Cc3ccc(Cl)cc3)c2C(N)=O)C1. The molecule has 0 bridgehead atoms. The fourth-order valence-electron chi connectivity index (χ4n) is 4.04. The van der Waals surface area contributed by atoms with E-state index in [-0.39, 0.29) is 24.6 Å². The number of halogens is 1. The normalized spacial score (nSPS) is 17.8. The minimum Gasteiger partial charge on any atom is -0.466 e. The van der Waals surface area contributed by atoms with Crippen LogP contribution in [0.3, 0.4) is 0 Å². The second-order valence-electron chi connectivity index (χ2n) is 8.21. The number of hydrogen-bond donors (Lipinski definition) is 1. The average molecular weight is 464 g/mol. The molecule has 1 aliphatic heterocycles. The van der Waals surface area contributed by atoms with Gasteiger partial charge in [-0.3, -0.25) is 14.4 Å². The Morgan fingerprint density at radius 1 is 1.19 bits per heavy atom. The van der Waals surface area contributed by atoms with Crippen LogP contribution < -0.4 is 5.73 Å². The van der Waals surface area contributed by atoms with E-state index in [2.05, 4.69) is 7.05 Å². The van der Waals surface area contributed by atoms with E-state index in [0.29, 0.717) is 47.6 Å². The molecule has 166 valence electrons. The molecule has 8 heteroatoms. The van der Waals surface area contributed by atoms with Crippen LogP contribution >= 0.6 is 22.9 Å². The molecule has 0 spiro atoms. The number of carbonyl (C=O) groups excluding carboxylic acids is 3. The van der Waals surface area contributed by atoms with E-state index in [1.165, 1.54) is 11.3 Å². The molecule has 1 unspecified atom stereocenters. The highest BCUT2D eigenvalue weighted by atomic mass is 35.5. The lowest BCUT2D eigenvalue weighted by Gasteiger charge is -2.37. The van der Waals surface area contributed by atoms with Gasteiger partial charge in [-0.05, 0) is 30.2 Å². The number of fused-ring (bicyclic) bond motifs is 1. The molecule has 0 saturated carbocycles. The molecule has 31 heavy (non-hydrogen) atoms. The van der Waals surface area contributed by atoms with Gasteiger partial charge in [0.15, 0.2) is 0 Å². The predicted molar refractivity (Wildman–Crippen MR) is 121 cm³/mol. The summed E-state index contributed by atoms with van der Waals surface area (Å²) in [6.07, 6.45) is 1.53. The van der Waals surface area contributed by atoms with Crippen molar-refractivity contribution in [2.45, 2.75) is 39.2 Å². The summed E-state index contributed by atoms with van der Waals surface area (Å²) in [6, 6.07) is 7.19. The number of rotatable bonds is 9. The summed E-state index contributed by atoms with van der Waals surface area (Å²) in [5.41, 5.74) is 8.08. The minimum atomic E-state index is -0.477. The van der Waals surface area contributed by atoms with E-state index >= 15 is 0 Å². The number of quaternary nitrogens is 1. The molecule has 1 aromatic carbocycles. The number of nitrogens with two attached hydrogens (primary N) is 1. The third-order valence-electron chi connectivity index (χ3n) is 5.67. The first kappa shape index (κ1) is 23.4. The lowest BCUT2D eigenvalue weighted by Crippen LogP contribution is -2.48. The van der Waals surface area contributed by atoms with Crippen LogP contribution in [0.5, 0.6) is 0 Å². The Balaban J connectivity index is 1.74. The first-order valence-electron chi connectivity index (χ1n) is 10.4. The minimum absolute atomic E-state index is 0.0305. The van der Waals surface area contributed by atoms with E-state index in [1.54, 1.807) is 19.1 Å². The quantitative estimate of drug-likeness (QED) is 0.456. The summed E-state index contributed by atoms with van der Waals surface area (Å²) in [5, 5.41) is 0.627. The van der Waals surface area contributed by atoms with Gasteiger partial charge in [0.25, 0.3) is 0 Å². The number of ketones is 1. The Kier molecular flexibility index (Phi) is 7.51. The molecule has 2 aromatic rings. The Morgan fingerprint density at radius 2 is 1.90 bits per heavy atom. The van der Waals surface area contributed by atoms with Gasteiger partial charge in [-0.2, -0.15) is 0 Å². The zero-order valence-corrected chi connectivity index (χ0v) is 19.5. The molecule has 3 rings (SSSR count). The summed E-state index contributed by atoms with van der Waals surface area (Å²) in [4.78, 5) is 38.5. The monoisotopic (exact) mass is 463 g/mol. The van der Waals surface area contributed by atoms with E-state index in [0.717, 1.165) is 27.4 Å². The third-order valence-corrected chi connectivity index (χ3v) is 7.14. The summed E-state index contributed by atoms with van der Waals surface area (Å²) in [7, 11) is 2.11. The fourth-order valence-corrected chi connectivity index (χ4v) is 5.72. The van der Waals surface area contributed by atoms with Crippen molar-refractivity contribution < 1.29 is 23.6 Å². The van der Waals surface area contributed by atoms with Crippen molar-refractivity contribution in [1.29, 1.82) is 0 Å². The lowest BCUT2D eigenvalue weighted by atomic mass is 9.97. The summed E-state index contributed by atoms with van der Waals surface area (Å²) >= 11 is 7.41. The highest BCUT2D eigenvalue weighted by molar-refractivity contribution is 7.12. The molecule has 2 heterocycles. The number of carbonyl (C=O) groups is 3. The van der Waals surface area contributed by atoms with Crippen molar-refractivity contribution >= 4 is 40.6 Å². The van der Waals surface area contributed by atoms with E-state index < -0.39 is 5.91 Å².